The molecule has 6 nitrogen and oxygen atoms in total. The maximum Gasteiger partial charge on any atom is 0.259 e. The largest absolute Gasteiger partial charge is 0.323 e. The lowest BCUT2D eigenvalue weighted by atomic mass is 10.1. The van der Waals surface area contributed by atoms with E-state index in [1.54, 1.807) is 12.1 Å². The molecule has 0 radical (unpaired) electrons. The summed E-state index contributed by atoms with van der Waals surface area (Å²) in [5, 5.41) is 2.66. The smallest absolute Gasteiger partial charge is 0.259 e. The number of nitrogens with two attached hydrogens (primary N) is 1. The lowest BCUT2D eigenvalue weighted by molar-refractivity contribution is 0.102. The second-order valence-corrected chi connectivity index (χ2v) is 4.68. The molecule has 1 amide bonds. The zero-order chi connectivity index (χ0) is 13.8. The van der Waals surface area contributed by atoms with Crippen molar-refractivity contribution in [2.45, 2.75) is 6.92 Å². The SMILES string of the molecule is Cc1ccc(NN)c(C(=O)Nc2cnc(Br)cn2)c1. The molecule has 2 rings (SSSR count). The molecule has 0 unspecified atom stereocenters. The van der Waals surface area contributed by atoms with Crippen LogP contribution in [-0.4, -0.2) is 15.9 Å². The van der Waals surface area contributed by atoms with Gasteiger partial charge in [0.2, 0.25) is 0 Å². The summed E-state index contributed by atoms with van der Waals surface area (Å²) in [5.41, 5.74) is 4.46. The van der Waals surface area contributed by atoms with E-state index in [4.69, 9.17) is 5.84 Å². The minimum atomic E-state index is -0.298. The Morgan fingerprint density at radius 2 is 2.11 bits per heavy atom. The monoisotopic (exact) mass is 321 g/mol. The maximum absolute atomic E-state index is 12.1. The van der Waals surface area contributed by atoms with Crippen LogP contribution in [0.5, 0.6) is 0 Å². The zero-order valence-electron chi connectivity index (χ0n) is 10.1. The first-order valence-corrected chi connectivity index (χ1v) is 6.25. The first-order valence-electron chi connectivity index (χ1n) is 5.46. The van der Waals surface area contributed by atoms with Gasteiger partial charge in [-0.3, -0.25) is 10.6 Å². The van der Waals surface area contributed by atoms with Gasteiger partial charge >= 0.3 is 0 Å². The molecule has 0 fully saturated rings. The summed E-state index contributed by atoms with van der Waals surface area (Å²) >= 11 is 3.18. The van der Waals surface area contributed by atoms with E-state index in [1.165, 1.54) is 12.4 Å². The van der Waals surface area contributed by atoms with Crippen LogP contribution in [0, 0.1) is 6.92 Å². The van der Waals surface area contributed by atoms with Crippen LogP contribution in [0.15, 0.2) is 35.2 Å². The van der Waals surface area contributed by atoms with Crippen molar-refractivity contribution in [2.24, 2.45) is 5.84 Å². The number of carbonyl (C=O) groups is 1. The number of hydrazine groups is 1. The Hall–Kier alpha value is -1.99. The Labute approximate surface area is 118 Å². The molecule has 1 aromatic carbocycles. The summed E-state index contributed by atoms with van der Waals surface area (Å²) < 4.78 is 0.602. The second kappa shape index (κ2) is 5.77. The lowest BCUT2D eigenvalue weighted by Gasteiger charge is -2.10. The molecule has 19 heavy (non-hydrogen) atoms. The fourth-order valence-corrected chi connectivity index (χ4v) is 1.74. The number of rotatable bonds is 3. The summed E-state index contributed by atoms with van der Waals surface area (Å²) in [6.07, 6.45) is 2.97. The van der Waals surface area contributed by atoms with E-state index in [0.29, 0.717) is 21.7 Å². The van der Waals surface area contributed by atoms with E-state index in [9.17, 15) is 4.79 Å². The van der Waals surface area contributed by atoms with E-state index in [1.807, 2.05) is 13.0 Å². The Kier molecular flexibility index (Phi) is 4.08. The van der Waals surface area contributed by atoms with Crippen molar-refractivity contribution in [3.05, 3.63) is 46.3 Å². The highest BCUT2D eigenvalue weighted by molar-refractivity contribution is 9.10. The molecule has 0 atom stereocenters. The molecule has 98 valence electrons. The Balaban J connectivity index is 2.24. The van der Waals surface area contributed by atoms with Crippen molar-refractivity contribution >= 4 is 33.3 Å². The van der Waals surface area contributed by atoms with Crippen LogP contribution in [-0.2, 0) is 0 Å². The summed E-state index contributed by atoms with van der Waals surface area (Å²) in [6, 6.07) is 5.36. The van der Waals surface area contributed by atoms with Crippen LogP contribution in [0.1, 0.15) is 15.9 Å². The number of hydrogen-bond acceptors (Lipinski definition) is 5. The molecule has 0 aliphatic heterocycles. The number of nitrogen functional groups attached to an aromatic ring is 1. The zero-order valence-corrected chi connectivity index (χ0v) is 11.7. The number of hydrogen-bond donors (Lipinski definition) is 3. The Morgan fingerprint density at radius 1 is 1.32 bits per heavy atom. The maximum atomic E-state index is 12.1. The van der Waals surface area contributed by atoms with E-state index in [-0.39, 0.29) is 5.91 Å². The number of aryl methyl sites for hydroxylation is 1. The lowest BCUT2D eigenvalue weighted by Crippen LogP contribution is -2.18. The van der Waals surface area contributed by atoms with Gasteiger partial charge in [0.15, 0.2) is 5.82 Å². The van der Waals surface area contributed by atoms with E-state index >= 15 is 0 Å². The summed E-state index contributed by atoms with van der Waals surface area (Å²) in [4.78, 5) is 20.2. The molecular weight excluding hydrogens is 310 g/mol. The van der Waals surface area contributed by atoms with E-state index in [0.717, 1.165) is 5.56 Å². The summed E-state index contributed by atoms with van der Waals surface area (Å²) in [5.74, 6) is 5.46. The van der Waals surface area contributed by atoms with Crippen molar-refractivity contribution < 1.29 is 4.79 Å². The van der Waals surface area contributed by atoms with Crippen LogP contribution in [0.4, 0.5) is 11.5 Å². The van der Waals surface area contributed by atoms with Crippen LogP contribution in [0.25, 0.3) is 0 Å². The van der Waals surface area contributed by atoms with Gasteiger partial charge in [-0.2, -0.15) is 0 Å². The first-order chi connectivity index (χ1) is 9.10. The third-order valence-corrected chi connectivity index (χ3v) is 2.85. The number of amides is 1. The van der Waals surface area contributed by atoms with Gasteiger partial charge < -0.3 is 10.7 Å². The highest BCUT2D eigenvalue weighted by Crippen LogP contribution is 2.17. The van der Waals surface area contributed by atoms with Gasteiger partial charge in [-0.25, -0.2) is 9.97 Å². The third kappa shape index (κ3) is 3.27. The quantitative estimate of drug-likeness (QED) is 0.594. The highest BCUT2D eigenvalue weighted by atomic mass is 79.9. The molecule has 0 bridgehead atoms. The number of carbonyl (C=O) groups excluding carboxylic acids is 1. The molecule has 0 spiro atoms. The van der Waals surface area contributed by atoms with Crippen LogP contribution in [0.3, 0.4) is 0 Å². The molecule has 0 aliphatic rings. The Morgan fingerprint density at radius 3 is 2.74 bits per heavy atom. The van der Waals surface area contributed by atoms with Gasteiger partial charge in [0, 0.05) is 0 Å². The average molecular weight is 322 g/mol. The first kappa shape index (κ1) is 13.4. The minimum Gasteiger partial charge on any atom is -0.323 e. The fraction of sp³-hybridized carbons (Fsp3) is 0.0833. The van der Waals surface area contributed by atoms with Crippen molar-refractivity contribution in [1.82, 2.24) is 9.97 Å². The summed E-state index contributed by atoms with van der Waals surface area (Å²) in [7, 11) is 0. The fourth-order valence-electron chi connectivity index (χ4n) is 1.53. The number of halogens is 1. The van der Waals surface area contributed by atoms with Crippen molar-refractivity contribution in [3.8, 4) is 0 Å². The predicted molar refractivity (Wildman–Crippen MR) is 76.7 cm³/mol. The van der Waals surface area contributed by atoms with E-state index in [2.05, 4.69) is 36.6 Å². The van der Waals surface area contributed by atoms with Gasteiger partial charge in [0.05, 0.1) is 23.6 Å². The molecular formula is C12H12BrN5O. The van der Waals surface area contributed by atoms with E-state index < -0.39 is 0 Å². The number of nitrogens with one attached hydrogen (secondary N) is 2. The average Bonchev–Trinajstić information content (AvgIpc) is 2.41. The van der Waals surface area contributed by atoms with Gasteiger partial charge in [-0.15, -0.1) is 0 Å². The third-order valence-electron chi connectivity index (χ3n) is 2.44. The standard InChI is InChI=1S/C12H12BrN5O/c1-7-2-3-9(18-14)8(4-7)12(19)17-11-6-15-10(13)5-16-11/h2-6,18H,14H2,1H3,(H,16,17,19). The van der Waals surface area contributed by atoms with Gasteiger partial charge in [0.25, 0.3) is 5.91 Å². The van der Waals surface area contributed by atoms with Gasteiger partial charge in [-0.1, -0.05) is 11.6 Å². The van der Waals surface area contributed by atoms with Gasteiger partial charge in [-0.05, 0) is 35.0 Å². The van der Waals surface area contributed by atoms with Gasteiger partial charge in [0.1, 0.15) is 4.60 Å². The number of aromatic nitrogens is 2. The number of benzene rings is 1. The molecule has 0 saturated heterocycles. The molecule has 1 heterocycles. The molecule has 4 N–H and O–H groups in total. The summed E-state index contributed by atoms with van der Waals surface area (Å²) in [6.45, 7) is 1.90. The second-order valence-electron chi connectivity index (χ2n) is 3.87. The normalized spacial score (nSPS) is 10.1. The van der Waals surface area contributed by atoms with Crippen molar-refractivity contribution in [1.29, 1.82) is 0 Å². The van der Waals surface area contributed by atoms with Crippen LogP contribution >= 0.6 is 15.9 Å². The minimum absolute atomic E-state index is 0.298. The van der Waals surface area contributed by atoms with Crippen molar-refractivity contribution in [3.63, 3.8) is 0 Å². The van der Waals surface area contributed by atoms with Crippen molar-refractivity contribution in [2.75, 3.05) is 10.7 Å². The topological polar surface area (TPSA) is 92.9 Å². The molecule has 7 heteroatoms. The molecule has 0 saturated carbocycles. The predicted octanol–water partition coefficient (Wildman–Crippen LogP) is 2.09. The highest BCUT2D eigenvalue weighted by Gasteiger charge is 2.12. The van der Waals surface area contributed by atoms with Crippen LogP contribution < -0.4 is 16.6 Å². The Bertz CT molecular complexity index is 600. The number of anilines is 2. The molecule has 1 aromatic heterocycles. The van der Waals surface area contributed by atoms with Crippen LogP contribution in [0.2, 0.25) is 0 Å². The molecule has 2 aromatic rings. The number of nitrogens with zero attached hydrogens (tertiary/aromatic N) is 2. The molecule has 0 aliphatic carbocycles.